The lowest BCUT2D eigenvalue weighted by Gasteiger charge is -2.41. The molecule has 0 unspecified atom stereocenters. The Morgan fingerprint density at radius 1 is 1.19 bits per heavy atom. The molecule has 0 spiro atoms. The van der Waals surface area contributed by atoms with Crippen LogP contribution in [0, 0.1) is 5.41 Å². The lowest BCUT2D eigenvalue weighted by atomic mass is 9.67. The summed E-state index contributed by atoms with van der Waals surface area (Å²) in [6.07, 6.45) is 5.17. The second-order valence-corrected chi connectivity index (χ2v) is 6.21. The Bertz CT molecular complexity index is 603. The van der Waals surface area contributed by atoms with Gasteiger partial charge >= 0.3 is 0 Å². The van der Waals surface area contributed by atoms with E-state index in [2.05, 4.69) is 22.2 Å². The van der Waals surface area contributed by atoms with Gasteiger partial charge in [-0.1, -0.05) is 55.3 Å². The van der Waals surface area contributed by atoms with E-state index in [-0.39, 0.29) is 0 Å². The van der Waals surface area contributed by atoms with Gasteiger partial charge in [-0.15, -0.1) is 0 Å². The van der Waals surface area contributed by atoms with Gasteiger partial charge in [0.15, 0.2) is 5.82 Å². The zero-order valence-electron chi connectivity index (χ0n) is 12.3. The highest BCUT2D eigenvalue weighted by Gasteiger charge is 2.34. The Labute approximate surface area is 130 Å². The van der Waals surface area contributed by atoms with Gasteiger partial charge in [0.1, 0.15) is 11.0 Å². The van der Waals surface area contributed by atoms with Crippen LogP contribution < -0.4 is 5.32 Å². The third-order valence-electron chi connectivity index (χ3n) is 4.54. The van der Waals surface area contributed by atoms with E-state index < -0.39 is 0 Å². The van der Waals surface area contributed by atoms with Crippen molar-refractivity contribution in [3.05, 3.63) is 41.6 Å². The normalized spacial score (nSPS) is 16.3. The molecule has 1 heterocycles. The van der Waals surface area contributed by atoms with Gasteiger partial charge in [0, 0.05) is 18.2 Å². The van der Waals surface area contributed by atoms with Gasteiger partial charge in [-0.25, -0.2) is 9.97 Å². The standard InChI is InChI=1S/C17H20ClN3/c1-2-17(9-6-10-17)12-19-15-11-14(18)20-16(21-15)13-7-4-3-5-8-13/h3-5,7-8,11H,2,6,9-10,12H2,1H3,(H,19,20,21). The van der Waals surface area contributed by atoms with Gasteiger partial charge in [0.05, 0.1) is 0 Å². The maximum Gasteiger partial charge on any atom is 0.163 e. The summed E-state index contributed by atoms with van der Waals surface area (Å²) < 4.78 is 0. The summed E-state index contributed by atoms with van der Waals surface area (Å²) in [5, 5.41) is 3.93. The van der Waals surface area contributed by atoms with Crippen molar-refractivity contribution < 1.29 is 0 Å². The van der Waals surface area contributed by atoms with Crippen molar-refractivity contribution in [2.24, 2.45) is 5.41 Å². The molecule has 1 saturated carbocycles. The molecule has 0 bridgehead atoms. The molecule has 1 fully saturated rings. The quantitative estimate of drug-likeness (QED) is 0.807. The van der Waals surface area contributed by atoms with Crippen molar-refractivity contribution in [2.75, 3.05) is 11.9 Å². The fraction of sp³-hybridized carbons (Fsp3) is 0.412. The van der Waals surface area contributed by atoms with E-state index in [9.17, 15) is 0 Å². The summed E-state index contributed by atoms with van der Waals surface area (Å²) in [5.41, 5.74) is 1.43. The minimum atomic E-state index is 0.449. The summed E-state index contributed by atoms with van der Waals surface area (Å²) in [7, 11) is 0. The maximum absolute atomic E-state index is 6.14. The first kappa shape index (κ1) is 14.3. The van der Waals surface area contributed by atoms with Crippen LogP contribution in [0.1, 0.15) is 32.6 Å². The van der Waals surface area contributed by atoms with E-state index in [0.717, 1.165) is 17.9 Å². The molecule has 21 heavy (non-hydrogen) atoms. The number of aromatic nitrogens is 2. The third kappa shape index (κ3) is 3.18. The minimum Gasteiger partial charge on any atom is -0.369 e. The highest BCUT2D eigenvalue weighted by molar-refractivity contribution is 6.29. The summed E-state index contributed by atoms with van der Waals surface area (Å²) in [5.74, 6) is 1.48. The molecule has 110 valence electrons. The summed E-state index contributed by atoms with van der Waals surface area (Å²) in [6.45, 7) is 3.23. The first-order valence-corrected chi connectivity index (χ1v) is 7.92. The smallest absolute Gasteiger partial charge is 0.163 e. The molecule has 3 rings (SSSR count). The van der Waals surface area contributed by atoms with Crippen LogP contribution in [-0.4, -0.2) is 16.5 Å². The fourth-order valence-corrected chi connectivity index (χ4v) is 3.02. The molecule has 1 aliphatic rings. The molecule has 4 heteroatoms. The molecule has 2 aromatic rings. The molecule has 0 amide bonds. The zero-order chi connectivity index (χ0) is 14.7. The second kappa shape index (κ2) is 6.02. The number of anilines is 1. The fourth-order valence-electron chi connectivity index (χ4n) is 2.83. The average molecular weight is 302 g/mol. The Morgan fingerprint density at radius 3 is 2.57 bits per heavy atom. The lowest BCUT2D eigenvalue weighted by molar-refractivity contribution is 0.145. The number of hydrogen-bond donors (Lipinski definition) is 1. The minimum absolute atomic E-state index is 0.449. The van der Waals surface area contributed by atoms with E-state index >= 15 is 0 Å². The molecular formula is C17H20ClN3. The highest BCUT2D eigenvalue weighted by Crippen LogP contribution is 2.43. The topological polar surface area (TPSA) is 37.8 Å². The Morgan fingerprint density at radius 2 is 1.95 bits per heavy atom. The van der Waals surface area contributed by atoms with E-state index in [1.165, 1.54) is 25.7 Å². The molecular weight excluding hydrogens is 282 g/mol. The highest BCUT2D eigenvalue weighted by atomic mass is 35.5. The first-order chi connectivity index (χ1) is 10.2. The predicted octanol–water partition coefficient (Wildman–Crippen LogP) is 4.79. The third-order valence-corrected chi connectivity index (χ3v) is 4.73. The van der Waals surface area contributed by atoms with Crippen molar-refractivity contribution in [1.82, 2.24) is 9.97 Å². The maximum atomic E-state index is 6.14. The molecule has 1 aromatic carbocycles. The lowest BCUT2D eigenvalue weighted by Crippen LogP contribution is -2.36. The summed E-state index contributed by atoms with van der Waals surface area (Å²) in [4.78, 5) is 8.91. The van der Waals surface area contributed by atoms with Crippen molar-refractivity contribution in [2.45, 2.75) is 32.6 Å². The van der Waals surface area contributed by atoms with E-state index in [1.807, 2.05) is 30.3 Å². The Balaban J connectivity index is 1.78. The largest absolute Gasteiger partial charge is 0.369 e. The zero-order valence-corrected chi connectivity index (χ0v) is 13.0. The number of hydrogen-bond acceptors (Lipinski definition) is 3. The molecule has 1 aliphatic carbocycles. The number of halogens is 1. The van der Waals surface area contributed by atoms with Gasteiger partial charge in [0.2, 0.25) is 0 Å². The van der Waals surface area contributed by atoms with E-state index in [4.69, 9.17) is 11.6 Å². The Hall–Kier alpha value is -1.61. The first-order valence-electron chi connectivity index (χ1n) is 7.55. The monoisotopic (exact) mass is 301 g/mol. The molecule has 0 saturated heterocycles. The molecule has 1 aromatic heterocycles. The van der Waals surface area contributed by atoms with Crippen molar-refractivity contribution in [3.8, 4) is 11.4 Å². The van der Waals surface area contributed by atoms with Gasteiger partial charge in [-0.2, -0.15) is 0 Å². The van der Waals surface area contributed by atoms with E-state index in [1.54, 1.807) is 6.07 Å². The van der Waals surface area contributed by atoms with Crippen LogP contribution in [0.5, 0.6) is 0 Å². The van der Waals surface area contributed by atoms with Crippen LogP contribution in [0.3, 0.4) is 0 Å². The number of nitrogens with zero attached hydrogens (tertiary/aromatic N) is 2. The van der Waals surface area contributed by atoms with Gasteiger partial charge < -0.3 is 5.32 Å². The van der Waals surface area contributed by atoms with Crippen LogP contribution >= 0.6 is 11.6 Å². The molecule has 0 radical (unpaired) electrons. The van der Waals surface area contributed by atoms with Gasteiger partial charge in [-0.3, -0.25) is 0 Å². The van der Waals surface area contributed by atoms with E-state index in [0.29, 0.717) is 16.4 Å². The number of benzene rings is 1. The van der Waals surface area contributed by atoms with Crippen LogP contribution in [-0.2, 0) is 0 Å². The predicted molar refractivity (Wildman–Crippen MR) is 87.5 cm³/mol. The van der Waals surface area contributed by atoms with Crippen LogP contribution in [0.4, 0.5) is 5.82 Å². The average Bonchev–Trinajstić information content (AvgIpc) is 2.47. The van der Waals surface area contributed by atoms with Gasteiger partial charge in [-0.05, 0) is 24.7 Å². The van der Waals surface area contributed by atoms with Crippen LogP contribution in [0.2, 0.25) is 5.15 Å². The number of rotatable bonds is 5. The summed E-state index contributed by atoms with van der Waals surface area (Å²) in [6, 6.07) is 11.7. The molecule has 3 nitrogen and oxygen atoms in total. The second-order valence-electron chi connectivity index (χ2n) is 5.83. The Kier molecular flexibility index (Phi) is 4.11. The van der Waals surface area contributed by atoms with Crippen LogP contribution in [0.15, 0.2) is 36.4 Å². The molecule has 0 aliphatic heterocycles. The summed E-state index contributed by atoms with van der Waals surface area (Å²) >= 11 is 6.14. The SMILES string of the molecule is CCC1(CNc2cc(Cl)nc(-c3ccccc3)n2)CCC1. The molecule has 1 N–H and O–H groups in total. The van der Waals surface area contributed by atoms with Crippen molar-refractivity contribution in [3.63, 3.8) is 0 Å². The van der Waals surface area contributed by atoms with Gasteiger partial charge in [0.25, 0.3) is 0 Å². The number of nitrogens with one attached hydrogen (secondary N) is 1. The molecule has 0 atom stereocenters. The van der Waals surface area contributed by atoms with Crippen LogP contribution in [0.25, 0.3) is 11.4 Å². The van der Waals surface area contributed by atoms with Crippen molar-refractivity contribution in [1.29, 1.82) is 0 Å². The van der Waals surface area contributed by atoms with Crippen molar-refractivity contribution >= 4 is 17.4 Å².